The number of guanidine groups is 1. The summed E-state index contributed by atoms with van der Waals surface area (Å²) in [6.07, 6.45) is 6.61. The zero-order chi connectivity index (χ0) is 20.6. The molecule has 0 spiro atoms. The van der Waals surface area contributed by atoms with Crippen molar-refractivity contribution in [2.75, 3.05) is 54.4 Å². The summed E-state index contributed by atoms with van der Waals surface area (Å²) in [5, 5.41) is 7.15. The van der Waals surface area contributed by atoms with E-state index in [4.69, 9.17) is 4.74 Å². The Morgan fingerprint density at radius 2 is 1.76 bits per heavy atom. The summed E-state index contributed by atoms with van der Waals surface area (Å²) in [6, 6.07) is 9.45. The van der Waals surface area contributed by atoms with Crippen LogP contribution < -0.4 is 15.4 Å². The third-order valence-corrected chi connectivity index (χ3v) is 6.33. The highest BCUT2D eigenvalue weighted by molar-refractivity contribution is 5.79. The van der Waals surface area contributed by atoms with Gasteiger partial charge in [-0.05, 0) is 76.5 Å². The first-order chi connectivity index (χ1) is 14.1. The van der Waals surface area contributed by atoms with Crippen molar-refractivity contribution < 1.29 is 4.74 Å². The molecular weight excluding hydrogens is 362 g/mol. The van der Waals surface area contributed by atoms with E-state index in [1.54, 1.807) is 7.11 Å². The van der Waals surface area contributed by atoms with Crippen molar-refractivity contribution in [3.63, 3.8) is 0 Å². The van der Waals surface area contributed by atoms with Gasteiger partial charge in [-0.1, -0.05) is 18.6 Å². The van der Waals surface area contributed by atoms with Crippen molar-refractivity contribution >= 4 is 5.96 Å². The molecule has 6 nitrogen and oxygen atoms in total. The number of nitrogens with zero attached hydrogens (tertiary/aromatic N) is 3. The van der Waals surface area contributed by atoms with E-state index in [1.807, 2.05) is 7.05 Å². The Labute approximate surface area is 176 Å². The van der Waals surface area contributed by atoms with Crippen molar-refractivity contribution in [1.29, 1.82) is 0 Å². The largest absolute Gasteiger partial charge is 0.497 e. The van der Waals surface area contributed by atoms with Crippen LogP contribution in [0.5, 0.6) is 5.75 Å². The smallest absolute Gasteiger partial charge is 0.191 e. The molecule has 2 unspecified atom stereocenters. The summed E-state index contributed by atoms with van der Waals surface area (Å²) in [5.74, 6) is 2.63. The van der Waals surface area contributed by atoms with Crippen molar-refractivity contribution in [2.45, 2.75) is 44.2 Å². The molecule has 1 aliphatic heterocycles. The van der Waals surface area contributed by atoms with Crippen LogP contribution in [0.3, 0.4) is 0 Å². The van der Waals surface area contributed by atoms with Gasteiger partial charge >= 0.3 is 0 Å². The Bertz CT molecular complexity index is 633. The molecule has 3 rings (SSSR count). The monoisotopic (exact) mass is 401 g/mol. The van der Waals surface area contributed by atoms with Gasteiger partial charge in [0.2, 0.25) is 0 Å². The van der Waals surface area contributed by atoms with Crippen molar-refractivity contribution in [1.82, 2.24) is 20.4 Å². The number of piperidine rings is 1. The van der Waals surface area contributed by atoms with Gasteiger partial charge in [0, 0.05) is 26.2 Å². The van der Waals surface area contributed by atoms with E-state index in [1.165, 1.54) is 37.7 Å². The number of methoxy groups -OCH3 is 1. The number of nitrogens with one attached hydrogen (secondary N) is 2. The standard InChI is InChI=1S/C23H39N5O/c1-24-23(25-16-21(27(2)3)18-8-9-18)26-17-22(28-14-6-5-7-15-28)19-10-12-20(29-4)13-11-19/h10-13,18,21-22H,5-9,14-17H2,1-4H3,(H2,24,25,26). The van der Waals surface area contributed by atoms with Gasteiger partial charge < -0.3 is 20.3 Å². The average molecular weight is 402 g/mol. The zero-order valence-electron chi connectivity index (χ0n) is 18.7. The molecule has 0 bridgehead atoms. The van der Waals surface area contributed by atoms with Crippen LogP contribution in [0.2, 0.25) is 0 Å². The second-order valence-electron chi connectivity index (χ2n) is 8.59. The van der Waals surface area contributed by atoms with Crippen LogP contribution in [0.4, 0.5) is 0 Å². The minimum Gasteiger partial charge on any atom is -0.497 e. The number of likely N-dealkylation sites (N-methyl/N-ethyl adjacent to an activating group) is 1. The highest BCUT2D eigenvalue weighted by atomic mass is 16.5. The highest BCUT2D eigenvalue weighted by Crippen LogP contribution is 2.34. The molecule has 6 heteroatoms. The molecule has 1 saturated heterocycles. The van der Waals surface area contributed by atoms with Crippen molar-refractivity contribution in [3.05, 3.63) is 29.8 Å². The fourth-order valence-electron chi connectivity index (χ4n) is 4.38. The molecule has 1 aromatic carbocycles. The van der Waals surface area contributed by atoms with Crippen LogP contribution in [0.15, 0.2) is 29.3 Å². The van der Waals surface area contributed by atoms with Crippen molar-refractivity contribution in [2.24, 2.45) is 10.9 Å². The van der Waals surface area contributed by atoms with Crippen LogP contribution in [-0.2, 0) is 0 Å². The molecule has 2 aliphatic rings. The van der Waals surface area contributed by atoms with E-state index in [0.29, 0.717) is 12.1 Å². The molecule has 0 amide bonds. The summed E-state index contributed by atoms with van der Waals surface area (Å²) in [6.45, 7) is 4.11. The Morgan fingerprint density at radius 3 is 2.31 bits per heavy atom. The predicted octanol–water partition coefficient (Wildman–Crippen LogP) is 2.73. The summed E-state index contributed by atoms with van der Waals surface area (Å²) >= 11 is 0. The molecule has 1 aromatic rings. The van der Waals surface area contributed by atoms with E-state index in [9.17, 15) is 0 Å². The second-order valence-corrected chi connectivity index (χ2v) is 8.59. The quantitative estimate of drug-likeness (QED) is 0.492. The molecule has 1 aliphatic carbocycles. The van der Waals surface area contributed by atoms with E-state index >= 15 is 0 Å². The van der Waals surface area contributed by atoms with Crippen molar-refractivity contribution in [3.8, 4) is 5.75 Å². The molecule has 1 saturated carbocycles. The molecule has 1 heterocycles. The SMILES string of the molecule is CN=C(NCC(C1CC1)N(C)C)NCC(c1ccc(OC)cc1)N1CCCCC1. The Morgan fingerprint density at radius 1 is 1.10 bits per heavy atom. The Balaban J connectivity index is 1.61. The molecule has 2 N–H and O–H groups in total. The van der Waals surface area contributed by atoms with Crippen LogP contribution >= 0.6 is 0 Å². The van der Waals surface area contributed by atoms with Crippen LogP contribution in [0.25, 0.3) is 0 Å². The summed E-state index contributed by atoms with van der Waals surface area (Å²) in [7, 11) is 7.94. The lowest BCUT2D eigenvalue weighted by Crippen LogP contribution is -2.48. The molecule has 2 atom stereocenters. The molecule has 0 aromatic heterocycles. The lowest BCUT2D eigenvalue weighted by molar-refractivity contribution is 0.164. The minimum absolute atomic E-state index is 0.341. The predicted molar refractivity (Wildman–Crippen MR) is 121 cm³/mol. The maximum absolute atomic E-state index is 5.35. The number of aliphatic imine (C=N–C) groups is 1. The minimum atomic E-state index is 0.341. The van der Waals surface area contributed by atoms with Gasteiger partial charge in [0.15, 0.2) is 5.96 Å². The molecule has 162 valence electrons. The zero-order valence-corrected chi connectivity index (χ0v) is 18.7. The van der Waals surface area contributed by atoms with Crippen LogP contribution in [0, 0.1) is 5.92 Å². The number of hydrogen-bond donors (Lipinski definition) is 2. The van der Waals surface area contributed by atoms with Crippen LogP contribution in [-0.4, -0.2) is 76.2 Å². The number of ether oxygens (including phenoxy) is 1. The summed E-state index contributed by atoms with van der Waals surface area (Å²) in [5.41, 5.74) is 1.33. The van der Waals surface area contributed by atoms with Gasteiger partial charge in [-0.25, -0.2) is 0 Å². The maximum Gasteiger partial charge on any atom is 0.191 e. The third-order valence-electron chi connectivity index (χ3n) is 6.33. The van der Waals surface area contributed by atoms with Gasteiger partial charge in [0.05, 0.1) is 13.2 Å². The average Bonchev–Trinajstić information content (AvgIpc) is 3.58. The number of hydrogen-bond acceptors (Lipinski definition) is 4. The second kappa shape index (κ2) is 10.8. The Kier molecular flexibility index (Phi) is 8.19. The van der Waals surface area contributed by atoms with Gasteiger partial charge in [-0.2, -0.15) is 0 Å². The molecule has 2 fully saturated rings. The lowest BCUT2D eigenvalue weighted by Gasteiger charge is -2.35. The molecule has 0 radical (unpaired) electrons. The number of rotatable bonds is 9. The highest BCUT2D eigenvalue weighted by Gasteiger charge is 2.32. The molecule has 29 heavy (non-hydrogen) atoms. The topological polar surface area (TPSA) is 52.1 Å². The van der Waals surface area contributed by atoms with Gasteiger partial charge in [0.1, 0.15) is 5.75 Å². The normalized spacial score (nSPS) is 20.4. The summed E-state index contributed by atoms with van der Waals surface area (Å²) < 4.78 is 5.35. The van der Waals surface area contributed by atoms with Gasteiger partial charge in [0.25, 0.3) is 0 Å². The fourth-order valence-corrected chi connectivity index (χ4v) is 4.38. The first-order valence-corrected chi connectivity index (χ1v) is 11.1. The molecular formula is C23H39N5O. The van der Waals surface area contributed by atoms with E-state index in [0.717, 1.165) is 43.8 Å². The Hall–Kier alpha value is -1.79. The van der Waals surface area contributed by atoms with Gasteiger partial charge in [-0.3, -0.25) is 9.89 Å². The van der Waals surface area contributed by atoms with E-state index in [-0.39, 0.29) is 0 Å². The first-order valence-electron chi connectivity index (χ1n) is 11.1. The van der Waals surface area contributed by atoms with E-state index < -0.39 is 0 Å². The van der Waals surface area contributed by atoms with Gasteiger partial charge in [-0.15, -0.1) is 0 Å². The van der Waals surface area contributed by atoms with Crippen LogP contribution in [0.1, 0.15) is 43.7 Å². The number of benzene rings is 1. The third kappa shape index (κ3) is 6.34. The van der Waals surface area contributed by atoms with E-state index in [2.05, 4.69) is 63.8 Å². The fraction of sp³-hybridized carbons (Fsp3) is 0.696. The first kappa shape index (κ1) is 21.9. The lowest BCUT2D eigenvalue weighted by atomic mass is 10.0. The number of likely N-dealkylation sites (tertiary alicyclic amines) is 1. The maximum atomic E-state index is 5.35. The summed E-state index contributed by atoms with van der Waals surface area (Å²) in [4.78, 5) is 9.42.